The van der Waals surface area contributed by atoms with E-state index in [4.69, 9.17) is 9.47 Å². The van der Waals surface area contributed by atoms with Crippen LogP contribution in [0.15, 0.2) is 29.6 Å². The summed E-state index contributed by atoms with van der Waals surface area (Å²) in [4.78, 5) is 13.4. The Morgan fingerprint density at radius 1 is 1.44 bits per heavy atom. The smallest absolute Gasteiger partial charge is 0.220 e. The van der Waals surface area contributed by atoms with Crippen LogP contribution in [0.4, 0.5) is 0 Å². The fourth-order valence-corrected chi connectivity index (χ4v) is 3.82. The largest absolute Gasteiger partial charge is 0.494 e. The molecule has 0 fully saturated rings. The molecule has 1 aromatic heterocycles. The van der Waals surface area contributed by atoms with E-state index in [-0.39, 0.29) is 12.0 Å². The minimum atomic E-state index is 0.0776. The van der Waals surface area contributed by atoms with E-state index < -0.39 is 0 Å². The highest BCUT2D eigenvalue weighted by atomic mass is 32.1. The molecule has 3 rings (SSSR count). The van der Waals surface area contributed by atoms with Crippen molar-refractivity contribution in [1.29, 1.82) is 0 Å². The van der Waals surface area contributed by atoms with E-state index in [2.05, 4.69) is 29.8 Å². The van der Waals surface area contributed by atoms with Crippen LogP contribution in [0.3, 0.4) is 0 Å². The molecule has 25 heavy (non-hydrogen) atoms. The molecular weight excluding hydrogens is 334 g/mol. The summed E-state index contributed by atoms with van der Waals surface area (Å²) in [5.41, 5.74) is 2.16. The summed E-state index contributed by atoms with van der Waals surface area (Å²) in [6.45, 7) is 5.11. The molecular formula is C20H25NO3S. The highest BCUT2D eigenvalue weighted by Gasteiger charge is 2.22. The first-order valence-electron chi connectivity index (χ1n) is 8.90. The molecule has 0 saturated carbocycles. The first kappa shape index (κ1) is 17.8. The number of fused-ring (bicyclic) bond motifs is 1. The fraction of sp³-hybridized carbons (Fsp3) is 0.450. The maximum Gasteiger partial charge on any atom is 0.220 e. The molecule has 0 saturated heterocycles. The Bertz CT molecular complexity index is 712. The summed E-state index contributed by atoms with van der Waals surface area (Å²) in [6, 6.07) is 8.23. The Labute approximate surface area is 153 Å². The third-order valence-corrected chi connectivity index (χ3v) is 5.20. The minimum absolute atomic E-state index is 0.0776. The topological polar surface area (TPSA) is 47.6 Å². The third-order valence-electron chi connectivity index (χ3n) is 4.26. The summed E-state index contributed by atoms with van der Waals surface area (Å²) in [5, 5.41) is 5.08. The molecule has 1 aliphatic rings. The first-order valence-corrected chi connectivity index (χ1v) is 9.78. The normalized spacial score (nSPS) is 15.5. The third kappa shape index (κ3) is 4.75. The van der Waals surface area contributed by atoms with Crippen molar-refractivity contribution in [3.8, 4) is 11.5 Å². The summed E-state index contributed by atoms with van der Waals surface area (Å²) in [6.07, 6.45) is 3.48. The lowest BCUT2D eigenvalue weighted by molar-refractivity contribution is -0.121. The fourth-order valence-electron chi connectivity index (χ4n) is 3.07. The molecule has 1 amide bonds. The van der Waals surface area contributed by atoms with Gasteiger partial charge in [0.05, 0.1) is 6.61 Å². The lowest BCUT2D eigenvalue weighted by Gasteiger charge is -2.13. The highest BCUT2D eigenvalue weighted by Crippen LogP contribution is 2.35. The molecule has 1 atom stereocenters. The zero-order valence-electron chi connectivity index (χ0n) is 14.8. The van der Waals surface area contributed by atoms with E-state index in [9.17, 15) is 4.79 Å². The van der Waals surface area contributed by atoms with Gasteiger partial charge in [-0.25, -0.2) is 0 Å². The quantitative estimate of drug-likeness (QED) is 0.772. The number of carbonyl (C=O) groups excluding carboxylic acids is 1. The number of carbonyl (C=O) groups is 1. The Morgan fingerprint density at radius 2 is 2.32 bits per heavy atom. The maximum atomic E-state index is 12.1. The number of hydrogen-bond donors (Lipinski definition) is 1. The average Bonchev–Trinajstić information content (AvgIpc) is 3.21. The van der Waals surface area contributed by atoms with Crippen molar-refractivity contribution in [3.05, 3.63) is 45.6 Å². The van der Waals surface area contributed by atoms with Gasteiger partial charge in [-0.15, -0.1) is 11.3 Å². The maximum absolute atomic E-state index is 12.1. The molecule has 4 nitrogen and oxygen atoms in total. The predicted octanol–water partition coefficient (Wildman–Crippen LogP) is 4.11. The van der Waals surface area contributed by atoms with Crippen LogP contribution in [0.25, 0.3) is 0 Å². The van der Waals surface area contributed by atoms with Crippen molar-refractivity contribution in [1.82, 2.24) is 5.32 Å². The van der Waals surface area contributed by atoms with Gasteiger partial charge in [-0.1, -0.05) is 6.07 Å². The van der Waals surface area contributed by atoms with Crippen molar-refractivity contribution in [2.24, 2.45) is 0 Å². The van der Waals surface area contributed by atoms with Crippen LogP contribution in [-0.2, 0) is 24.2 Å². The van der Waals surface area contributed by atoms with Gasteiger partial charge >= 0.3 is 0 Å². The zero-order chi connectivity index (χ0) is 17.6. The Balaban J connectivity index is 1.54. The highest BCUT2D eigenvalue weighted by molar-refractivity contribution is 7.09. The number of hydrogen-bond acceptors (Lipinski definition) is 4. The summed E-state index contributed by atoms with van der Waals surface area (Å²) in [5.74, 6) is 1.84. The Hall–Kier alpha value is -2.01. The number of benzene rings is 1. The van der Waals surface area contributed by atoms with Gasteiger partial charge in [0.25, 0.3) is 0 Å². The van der Waals surface area contributed by atoms with Gasteiger partial charge in [0.1, 0.15) is 17.6 Å². The molecule has 1 N–H and O–H groups in total. The van der Waals surface area contributed by atoms with Crippen LogP contribution in [0.1, 0.15) is 42.7 Å². The molecule has 134 valence electrons. The van der Waals surface area contributed by atoms with Gasteiger partial charge in [0.2, 0.25) is 5.91 Å². The Morgan fingerprint density at radius 3 is 3.08 bits per heavy atom. The lowest BCUT2D eigenvalue weighted by Crippen LogP contribution is -2.23. The first-order chi connectivity index (χ1) is 12.2. The van der Waals surface area contributed by atoms with Gasteiger partial charge in [-0.3, -0.25) is 4.79 Å². The van der Waals surface area contributed by atoms with Crippen LogP contribution < -0.4 is 14.8 Å². The van der Waals surface area contributed by atoms with Gasteiger partial charge in [-0.05, 0) is 50.3 Å². The van der Waals surface area contributed by atoms with Crippen molar-refractivity contribution >= 4 is 17.2 Å². The second kappa shape index (κ2) is 8.39. The molecule has 2 heterocycles. The number of rotatable bonds is 8. The summed E-state index contributed by atoms with van der Waals surface area (Å²) in [7, 11) is 0. The monoisotopic (exact) mass is 359 g/mol. The predicted molar refractivity (Wildman–Crippen MR) is 101 cm³/mol. The second-order valence-electron chi connectivity index (χ2n) is 6.34. The average molecular weight is 359 g/mol. The molecule has 1 aromatic carbocycles. The van der Waals surface area contributed by atoms with E-state index in [0.29, 0.717) is 19.6 Å². The van der Waals surface area contributed by atoms with Crippen molar-refractivity contribution in [3.63, 3.8) is 0 Å². The SMILES string of the molecule is CCOc1cc2c(cc1CNC(=O)CCCc1cccs1)O[C@H](C)C2. The number of thiophene rings is 1. The van der Waals surface area contributed by atoms with E-state index in [1.54, 1.807) is 11.3 Å². The van der Waals surface area contributed by atoms with E-state index in [0.717, 1.165) is 36.3 Å². The van der Waals surface area contributed by atoms with E-state index in [1.807, 2.05) is 19.1 Å². The van der Waals surface area contributed by atoms with Crippen molar-refractivity contribution < 1.29 is 14.3 Å². The molecule has 5 heteroatoms. The van der Waals surface area contributed by atoms with Gasteiger partial charge in [0, 0.05) is 35.4 Å². The van der Waals surface area contributed by atoms with Gasteiger partial charge < -0.3 is 14.8 Å². The zero-order valence-corrected chi connectivity index (χ0v) is 15.7. The van der Waals surface area contributed by atoms with Crippen LogP contribution in [0.5, 0.6) is 11.5 Å². The Kier molecular flexibility index (Phi) is 5.97. The van der Waals surface area contributed by atoms with Gasteiger partial charge in [0.15, 0.2) is 0 Å². The molecule has 0 spiro atoms. The van der Waals surface area contributed by atoms with Crippen molar-refractivity contribution in [2.45, 2.75) is 52.2 Å². The number of aryl methyl sites for hydroxylation is 1. The summed E-state index contributed by atoms with van der Waals surface area (Å²) >= 11 is 1.74. The van der Waals surface area contributed by atoms with Crippen LogP contribution in [0.2, 0.25) is 0 Å². The second-order valence-corrected chi connectivity index (χ2v) is 7.38. The van der Waals surface area contributed by atoms with Crippen LogP contribution >= 0.6 is 11.3 Å². The summed E-state index contributed by atoms with van der Waals surface area (Å²) < 4.78 is 11.6. The van der Waals surface area contributed by atoms with Crippen LogP contribution in [-0.4, -0.2) is 18.6 Å². The van der Waals surface area contributed by atoms with E-state index >= 15 is 0 Å². The standard InChI is InChI=1S/C20H25NO3S/c1-3-23-18-11-15-10-14(2)24-19(15)12-16(18)13-21-20(22)8-4-6-17-7-5-9-25-17/h5,7,9,11-12,14H,3-4,6,8,10,13H2,1-2H3,(H,21,22)/t14-/m1/s1. The van der Waals surface area contributed by atoms with E-state index in [1.165, 1.54) is 10.4 Å². The molecule has 0 bridgehead atoms. The molecule has 1 aliphatic heterocycles. The molecule has 0 radical (unpaired) electrons. The molecule has 2 aromatic rings. The molecule has 0 unspecified atom stereocenters. The van der Waals surface area contributed by atoms with Crippen molar-refractivity contribution in [2.75, 3.05) is 6.61 Å². The number of ether oxygens (including phenoxy) is 2. The minimum Gasteiger partial charge on any atom is -0.494 e. The van der Waals surface area contributed by atoms with Gasteiger partial charge in [-0.2, -0.15) is 0 Å². The number of amides is 1. The number of nitrogens with one attached hydrogen (secondary N) is 1. The lowest BCUT2D eigenvalue weighted by atomic mass is 10.1. The molecule has 0 aliphatic carbocycles. The van der Waals surface area contributed by atoms with Crippen LogP contribution in [0, 0.1) is 0 Å².